The van der Waals surface area contributed by atoms with E-state index in [-0.39, 0.29) is 6.10 Å². The van der Waals surface area contributed by atoms with Crippen molar-refractivity contribution >= 4 is 23.5 Å². The molecule has 0 fully saturated rings. The average Bonchev–Trinajstić information content (AvgIpc) is 2.60. The Morgan fingerprint density at radius 2 is 1.72 bits per heavy atom. The Hall–Kier alpha value is -2.57. The highest BCUT2D eigenvalue weighted by molar-refractivity contribution is 6.30. The van der Waals surface area contributed by atoms with Crippen molar-refractivity contribution in [1.82, 2.24) is 5.32 Å². The van der Waals surface area contributed by atoms with Gasteiger partial charge in [0.05, 0.1) is 0 Å². The average molecular weight is 366 g/mol. The highest BCUT2D eigenvalue weighted by Crippen LogP contribution is 2.26. The van der Waals surface area contributed by atoms with Crippen LogP contribution in [0.1, 0.15) is 18.1 Å². The van der Waals surface area contributed by atoms with Gasteiger partial charge in [-0.15, -0.1) is 0 Å². The minimum absolute atomic E-state index is 0.0344. The molecule has 1 atom stereocenters. The number of hydrogen-bond donors (Lipinski definition) is 3. The normalized spacial score (nSPS) is 11.0. The van der Waals surface area contributed by atoms with Gasteiger partial charge in [-0.1, -0.05) is 48.0 Å². The lowest BCUT2D eigenvalue weighted by Gasteiger charge is -2.19. The highest BCUT2D eigenvalue weighted by Gasteiger charge is 2.12. The standard InChI is InChI=1S/C16H18ClNO.C2H2O4/c1-18-11-10-16(13-6-3-2-4-7-13)19-15-9-5-8-14(17)12-15;3-1(4)2(5)6/h2-9,12,16,18H,10-11H2,1H3;(H,3,4)(H,5,6). The van der Waals surface area contributed by atoms with Gasteiger partial charge >= 0.3 is 11.9 Å². The lowest BCUT2D eigenvalue weighted by molar-refractivity contribution is -0.159. The SMILES string of the molecule is CNCCC(Oc1cccc(Cl)c1)c1ccccc1.O=C(O)C(=O)O. The second-order valence-electron chi connectivity index (χ2n) is 4.98. The molecule has 0 aliphatic carbocycles. The first kappa shape index (κ1) is 20.5. The molecule has 0 radical (unpaired) electrons. The second kappa shape index (κ2) is 11.1. The van der Waals surface area contributed by atoms with Crippen LogP contribution in [0.3, 0.4) is 0 Å². The number of halogens is 1. The topological polar surface area (TPSA) is 95.9 Å². The van der Waals surface area contributed by atoms with Gasteiger partial charge in [-0.05, 0) is 37.4 Å². The molecule has 0 aliphatic heterocycles. The number of rotatable bonds is 6. The summed E-state index contributed by atoms with van der Waals surface area (Å²) in [4.78, 5) is 18.2. The van der Waals surface area contributed by atoms with Crippen LogP contribution in [0, 0.1) is 0 Å². The van der Waals surface area contributed by atoms with Gasteiger partial charge in [0.1, 0.15) is 11.9 Å². The molecule has 0 saturated carbocycles. The van der Waals surface area contributed by atoms with Gasteiger partial charge in [0.2, 0.25) is 0 Å². The number of carbonyl (C=O) groups is 2. The van der Waals surface area contributed by atoms with E-state index in [4.69, 9.17) is 36.1 Å². The van der Waals surface area contributed by atoms with Crippen LogP contribution in [-0.2, 0) is 9.59 Å². The fourth-order valence-corrected chi connectivity index (χ4v) is 2.12. The maximum absolute atomic E-state index is 9.10. The van der Waals surface area contributed by atoms with Crippen molar-refractivity contribution in [3.8, 4) is 5.75 Å². The van der Waals surface area contributed by atoms with Crippen LogP contribution in [0.5, 0.6) is 5.75 Å². The third kappa shape index (κ3) is 8.19. The Labute approximate surface area is 151 Å². The molecule has 2 rings (SSSR count). The Morgan fingerprint density at radius 1 is 1.08 bits per heavy atom. The van der Waals surface area contributed by atoms with Crippen molar-refractivity contribution in [1.29, 1.82) is 0 Å². The largest absolute Gasteiger partial charge is 0.486 e. The van der Waals surface area contributed by atoms with Crippen molar-refractivity contribution in [3.63, 3.8) is 0 Å². The van der Waals surface area contributed by atoms with E-state index < -0.39 is 11.9 Å². The third-order valence-corrected chi connectivity index (χ3v) is 3.32. The molecular formula is C18H20ClNO5. The van der Waals surface area contributed by atoms with Crippen molar-refractivity contribution < 1.29 is 24.5 Å². The summed E-state index contributed by atoms with van der Waals surface area (Å²) < 4.78 is 6.06. The van der Waals surface area contributed by atoms with Crippen molar-refractivity contribution in [2.75, 3.05) is 13.6 Å². The summed E-state index contributed by atoms with van der Waals surface area (Å²) >= 11 is 5.99. The molecule has 25 heavy (non-hydrogen) atoms. The van der Waals surface area contributed by atoms with E-state index in [1.54, 1.807) is 0 Å². The van der Waals surface area contributed by atoms with E-state index in [0.29, 0.717) is 5.02 Å². The van der Waals surface area contributed by atoms with E-state index in [1.165, 1.54) is 5.56 Å². The molecule has 134 valence electrons. The lowest BCUT2D eigenvalue weighted by Crippen LogP contribution is -2.16. The zero-order chi connectivity index (χ0) is 18.7. The molecule has 0 aromatic heterocycles. The molecule has 0 saturated heterocycles. The van der Waals surface area contributed by atoms with Crippen LogP contribution >= 0.6 is 11.6 Å². The zero-order valence-electron chi connectivity index (χ0n) is 13.7. The summed E-state index contributed by atoms with van der Waals surface area (Å²) in [5.41, 5.74) is 1.18. The molecule has 0 bridgehead atoms. The molecule has 0 heterocycles. The van der Waals surface area contributed by atoms with Crippen LogP contribution in [-0.4, -0.2) is 35.7 Å². The fourth-order valence-electron chi connectivity index (χ4n) is 1.94. The number of benzene rings is 2. The first-order valence-corrected chi connectivity index (χ1v) is 7.89. The first-order valence-electron chi connectivity index (χ1n) is 7.52. The molecule has 3 N–H and O–H groups in total. The van der Waals surface area contributed by atoms with E-state index in [9.17, 15) is 0 Å². The van der Waals surface area contributed by atoms with Gasteiger partial charge in [-0.25, -0.2) is 9.59 Å². The molecule has 6 nitrogen and oxygen atoms in total. The summed E-state index contributed by atoms with van der Waals surface area (Å²) in [6.07, 6.45) is 0.944. The van der Waals surface area contributed by atoms with Gasteiger partial charge in [-0.2, -0.15) is 0 Å². The Kier molecular flexibility index (Phi) is 9.06. The molecule has 2 aromatic carbocycles. The number of hydrogen-bond acceptors (Lipinski definition) is 4. The summed E-state index contributed by atoms with van der Waals surface area (Å²) in [5, 5.41) is 18.6. The predicted octanol–water partition coefficient (Wildman–Crippen LogP) is 3.23. The molecular weight excluding hydrogens is 346 g/mol. The van der Waals surface area contributed by atoms with Gasteiger partial charge < -0.3 is 20.3 Å². The lowest BCUT2D eigenvalue weighted by atomic mass is 10.1. The van der Waals surface area contributed by atoms with E-state index in [0.717, 1.165) is 18.7 Å². The minimum Gasteiger partial charge on any atom is -0.486 e. The monoisotopic (exact) mass is 365 g/mol. The zero-order valence-corrected chi connectivity index (χ0v) is 14.4. The van der Waals surface area contributed by atoms with Gasteiger partial charge in [0.15, 0.2) is 0 Å². The predicted molar refractivity (Wildman–Crippen MR) is 95.1 cm³/mol. The van der Waals surface area contributed by atoms with Crippen LogP contribution in [0.4, 0.5) is 0 Å². The van der Waals surface area contributed by atoms with E-state index in [1.807, 2.05) is 49.5 Å². The van der Waals surface area contributed by atoms with Crippen LogP contribution in [0.25, 0.3) is 0 Å². The summed E-state index contributed by atoms with van der Waals surface area (Å²) in [6.45, 7) is 0.903. The minimum atomic E-state index is -1.82. The Balaban J connectivity index is 0.000000450. The fraction of sp³-hybridized carbons (Fsp3) is 0.222. The number of carboxylic acid groups (broad SMARTS) is 2. The maximum Gasteiger partial charge on any atom is 0.414 e. The third-order valence-electron chi connectivity index (χ3n) is 3.09. The quantitative estimate of drug-likeness (QED) is 0.680. The number of nitrogens with one attached hydrogen (secondary N) is 1. The van der Waals surface area contributed by atoms with Crippen LogP contribution in [0.15, 0.2) is 54.6 Å². The van der Waals surface area contributed by atoms with Crippen LogP contribution < -0.4 is 10.1 Å². The number of ether oxygens (including phenoxy) is 1. The van der Waals surface area contributed by atoms with E-state index >= 15 is 0 Å². The van der Waals surface area contributed by atoms with Crippen molar-refractivity contribution in [3.05, 3.63) is 65.2 Å². The van der Waals surface area contributed by atoms with Gasteiger partial charge in [0, 0.05) is 11.4 Å². The Bertz CT molecular complexity index is 666. The van der Waals surface area contributed by atoms with Gasteiger partial charge in [-0.3, -0.25) is 0 Å². The molecule has 0 amide bonds. The Morgan fingerprint density at radius 3 is 2.24 bits per heavy atom. The number of carboxylic acids is 2. The maximum atomic E-state index is 9.10. The highest BCUT2D eigenvalue weighted by atomic mass is 35.5. The second-order valence-corrected chi connectivity index (χ2v) is 5.41. The van der Waals surface area contributed by atoms with Crippen molar-refractivity contribution in [2.24, 2.45) is 0 Å². The number of aliphatic carboxylic acids is 2. The van der Waals surface area contributed by atoms with Crippen molar-refractivity contribution in [2.45, 2.75) is 12.5 Å². The molecule has 0 spiro atoms. The summed E-state index contributed by atoms with van der Waals surface area (Å²) in [5.74, 6) is -2.84. The first-order chi connectivity index (χ1) is 11.9. The molecule has 7 heteroatoms. The smallest absolute Gasteiger partial charge is 0.414 e. The molecule has 0 aliphatic rings. The molecule has 1 unspecified atom stereocenters. The molecule has 2 aromatic rings. The van der Waals surface area contributed by atoms with Gasteiger partial charge in [0.25, 0.3) is 0 Å². The summed E-state index contributed by atoms with van der Waals surface area (Å²) in [7, 11) is 1.95. The summed E-state index contributed by atoms with van der Waals surface area (Å²) in [6, 6.07) is 17.8. The van der Waals surface area contributed by atoms with E-state index in [2.05, 4.69) is 17.4 Å². The van der Waals surface area contributed by atoms with Crippen LogP contribution in [0.2, 0.25) is 5.02 Å².